The van der Waals surface area contributed by atoms with Gasteiger partial charge in [-0.05, 0) is 100 Å². The molecule has 45 heavy (non-hydrogen) atoms. The lowest BCUT2D eigenvalue weighted by Gasteiger charge is -2.35. The summed E-state index contributed by atoms with van der Waals surface area (Å²) in [5.41, 5.74) is 5.28. The maximum absolute atomic E-state index is 14.7. The molecule has 3 N–H and O–H groups in total. The molecule has 3 rings (SSSR count). The first-order valence-corrected chi connectivity index (χ1v) is 15.7. The number of aromatic hydroxyl groups is 1. The Bertz CT molecular complexity index is 1460. The molecule has 0 heterocycles. The summed E-state index contributed by atoms with van der Waals surface area (Å²) in [6, 6.07) is 16.1. The molecule has 3 aromatic carbocycles. The number of hydrogen-bond donors (Lipinski definition) is 3. The van der Waals surface area contributed by atoms with E-state index in [0.717, 1.165) is 40.7 Å². The van der Waals surface area contributed by atoms with Crippen LogP contribution in [0, 0.1) is 27.7 Å². The maximum Gasteiger partial charge on any atom is 0.408 e. The Balaban J connectivity index is 2.13. The van der Waals surface area contributed by atoms with E-state index >= 15 is 0 Å². The van der Waals surface area contributed by atoms with Crippen LogP contribution in [-0.4, -0.2) is 46.1 Å². The summed E-state index contributed by atoms with van der Waals surface area (Å²) in [5, 5.41) is 15.8. The van der Waals surface area contributed by atoms with Gasteiger partial charge in [-0.2, -0.15) is 0 Å². The molecule has 0 fully saturated rings. The molecule has 2 unspecified atom stereocenters. The molecule has 0 bridgehead atoms. The zero-order valence-corrected chi connectivity index (χ0v) is 28.0. The minimum Gasteiger partial charge on any atom is -0.508 e. The number of para-hydroxylation sites is 1. The van der Waals surface area contributed by atoms with Crippen LogP contribution in [0.3, 0.4) is 0 Å². The largest absolute Gasteiger partial charge is 0.508 e. The molecule has 0 saturated carbocycles. The average Bonchev–Trinajstić information content (AvgIpc) is 2.96. The van der Waals surface area contributed by atoms with Crippen molar-refractivity contribution in [1.82, 2.24) is 10.2 Å². The van der Waals surface area contributed by atoms with E-state index in [9.17, 15) is 19.5 Å². The number of benzene rings is 3. The lowest BCUT2D eigenvalue weighted by molar-refractivity contribution is -0.140. The third-order valence-electron chi connectivity index (χ3n) is 7.79. The number of amides is 3. The summed E-state index contributed by atoms with van der Waals surface area (Å²) in [4.78, 5) is 43.7. The zero-order valence-electron chi connectivity index (χ0n) is 28.0. The number of unbranched alkanes of at least 4 members (excludes halogenated alkanes) is 2. The zero-order chi connectivity index (χ0) is 33.3. The number of anilines is 1. The number of aryl methyl sites for hydroxylation is 4. The molecule has 3 amide bonds. The van der Waals surface area contributed by atoms with Gasteiger partial charge in [0.1, 0.15) is 23.4 Å². The van der Waals surface area contributed by atoms with Gasteiger partial charge in [-0.1, -0.05) is 68.3 Å². The molecule has 3 aromatic rings. The van der Waals surface area contributed by atoms with Crippen LogP contribution in [0.1, 0.15) is 86.4 Å². The van der Waals surface area contributed by atoms with Gasteiger partial charge in [-0.25, -0.2) is 4.79 Å². The topological polar surface area (TPSA) is 108 Å². The minimum absolute atomic E-state index is 0.0981. The number of rotatable bonds is 12. The monoisotopic (exact) mass is 615 g/mol. The number of carbonyl (C=O) groups excluding carboxylic acids is 3. The standard InChI is InChI=1S/C37H49N3O5/c1-9-10-11-21-40(35(43)31(38-36(44)45-37(6,7)8)23-28-16-19-30(41)20-17-28)33(29-18-15-24(2)27(5)22-29)34(42)39-32-25(3)13-12-14-26(32)4/h12-20,22,31,33,41H,9-11,21,23H2,1-8H3,(H,38,44)(H,39,42). The van der Waals surface area contributed by atoms with Gasteiger partial charge >= 0.3 is 6.09 Å². The van der Waals surface area contributed by atoms with Gasteiger partial charge in [0.05, 0.1) is 0 Å². The van der Waals surface area contributed by atoms with Gasteiger partial charge in [0, 0.05) is 18.7 Å². The number of phenolic OH excluding ortho intramolecular Hbond substituents is 1. The molecule has 0 saturated heterocycles. The van der Waals surface area contributed by atoms with Crippen molar-refractivity contribution in [1.29, 1.82) is 0 Å². The lowest BCUT2D eigenvalue weighted by Crippen LogP contribution is -2.53. The number of alkyl carbamates (subject to hydrolysis) is 1. The summed E-state index contributed by atoms with van der Waals surface area (Å²) in [6.07, 6.45) is 1.89. The van der Waals surface area contributed by atoms with Gasteiger partial charge in [0.2, 0.25) is 5.91 Å². The predicted molar refractivity (Wildman–Crippen MR) is 179 cm³/mol. The molecular formula is C37H49N3O5. The fraction of sp³-hybridized carbons (Fsp3) is 0.432. The van der Waals surface area contributed by atoms with E-state index < -0.39 is 29.7 Å². The van der Waals surface area contributed by atoms with Crippen molar-refractivity contribution in [3.8, 4) is 5.75 Å². The molecule has 0 aliphatic heterocycles. The highest BCUT2D eigenvalue weighted by atomic mass is 16.6. The Morgan fingerprint density at radius 3 is 2.09 bits per heavy atom. The van der Waals surface area contributed by atoms with Crippen molar-refractivity contribution in [2.45, 2.75) is 98.8 Å². The van der Waals surface area contributed by atoms with Crippen molar-refractivity contribution in [3.63, 3.8) is 0 Å². The van der Waals surface area contributed by atoms with Crippen LogP contribution in [0.25, 0.3) is 0 Å². The van der Waals surface area contributed by atoms with E-state index in [1.165, 1.54) is 0 Å². The van der Waals surface area contributed by atoms with E-state index in [-0.39, 0.29) is 18.1 Å². The van der Waals surface area contributed by atoms with Crippen molar-refractivity contribution >= 4 is 23.6 Å². The summed E-state index contributed by atoms with van der Waals surface area (Å²) < 4.78 is 5.54. The first-order chi connectivity index (χ1) is 21.2. The molecule has 0 aliphatic carbocycles. The van der Waals surface area contributed by atoms with Crippen LogP contribution in [0.4, 0.5) is 10.5 Å². The molecule has 0 aromatic heterocycles. The van der Waals surface area contributed by atoms with Crippen molar-refractivity contribution in [3.05, 3.63) is 94.0 Å². The van der Waals surface area contributed by atoms with Gasteiger partial charge in [0.15, 0.2) is 0 Å². The third-order valence-corrected chi connectivity index (χ3v) is 7.79. The van der Waals surface area contributed by atoms with Gasteiger partial charge < -0.3 is 25.4 Å². The molecule has 2 atom stereocenters. The second kappa shape index (κ2) is 15.6. The number of nitrogens with zero attached hydrogens (tertiary/aromatic N) is 1. The Hall–Kier alpha value is -4.33. The highest BCUT2D eigenvalue weighted by molar-refractivity contribution is 6.00. The quantitative estimate of drug-likeness (QED) is 0.183. The second-order valence-corrected chi connectivity index (χ2v) is 12.8. The number of carbonyl (C=O) groups is 3. The molecule has 0 radical (unpaired) electrons. The van der Waals surface area contributed by atoms with Crippen LogP contribution >= 0.6 is 0 Å². The number of phenols is 1. The van der Waals surface area contributed by atoms with Crippen molar-refractivity contribution in [2.24, 2.45) is 0 Å². The van der Waals surface area contributed by atoms with Crippen LogP contribution in [-0.2, 0) is 20.7 Å². The number of nitrogens with one attached hydrogen (secondary N) is 2. The Morgan fingerprint density at radius 1 is 0.867 bits per heavy atom. The highest BCUT2D eigenvalue weighted by Gasteiger charge is 2.36. The molecule has 0 aliphatic rings. The van der Waals surface area contributed by atoms with Crippen LogP contribution in [0.5, 0.6) is 5.75 Å². The summed E-state index contributed by atoms with van der Waals surface area (Å²) in [5.74, 6) is -0.632. The number of hydrogen-bond acceptors (Lipinski definition) is 5. The first-order valence-electron chi connectivity index (χ1n) is 15.7. The number of ether oxygens (including phenoxy) is 1. The van der Waals surface area contributed by atoms with Crippen LogP contribution in [0.2, 0.25) is 0 Å². The molecule has 8 heteroatoms. The van der Waals surface area contributed by atoms with Crippen molar-refractivity contribution < 1.29 is 24.2 Å². The second-order valence-electron chi connectivity index (χ2n) is 12.8. The van der Waals surface area contributed by atoms with E-state index in [1.807, 2.05) is 64.1 Å². The van der Waals surface area contributed by atoms with Crippen molar-refractivity contribution in [2.75, 3.05) is 11.9 Å². The smallest absolute Gasteiger partial charge is 0.408 e. The van der Waals surface area contributed by atoms with Gasteiger partial charge in [-0.3, -0.25) is 9.59 Å². The fourth-order valence-corrected chi connectivity index (χ4v) is 5.23. The molecule has 8 nitrogen and oxygen atoms in total. The normalized spacial score (nSPS) is 12.6. The predicted octanol–water partition coefficient (Wildman–Crippen LogP) is 7.46. The Morgan fingerprint density at radius 2 is 1.51 bits per heavy atom. The summed E-state index contributed by atoms with van der Waals surface area (Å²) in [6.45, 7) is 15.5. The van der Waals surface area contributed by atoms with Crippen LogP contribution < -0.4 is 10.6 Å². The van der Waals surface area contributed by atoms with Crippen LogP contribution in [0.15, 0.2) is 60.7 Å². The van der Waals surface area contributed by atoms with E-state index in [1.54, 1.807) is 49.9 Å². The van der Waals surface area contributed by atoms with E-state index in [4.69, 9.17) is 4.74 Å². The lowest BCUT2D eigenvalue weighted by atomic mass is 9.96. The summed E-state index contributed by atoms with van der Waals surface area (Å²) in [7, 11) is 0. The molecular weight excluding hydrogens is 566 g/mol. The SMILES string of the molecule is CCCCCN(C(=O)C(Cc1ccc(O)cc1)NC(=O)OC(C)(C)C)C(C(=O)Nc1c(C)cccc1C)c1ccc(C)c(C)c1. The summed E-state index contributed by atoms with van der Waals surface area (Å²) >= 11 is 0. The maximum atomic E-state index is 14.7. The van der Waals surface area contributed by atoms with E-state index in [2.05, 4.69) is 17.6 Å². The van der Waals surface area contributed by atoms with E-state index in [0.29, 0.717) is 24.2 Å². The Labute approximate surface area is 268 Å². The van der Waals surface area contributed by atoms with Gasteiger partial charge in [-0.15, -0.1) is 0 Å². The fourth-order valence-electron chi connectivity index (χ4n) is 5.23. The molecule has 242 valence electrons. The highest BCUT2D eigenvalue weighted by Crippen LogP contribution is 2.29. The minimum atomic E-state index is -1.03. The average molecular weight is 616 g/mol. The first kappa shape index (κ1) is 35.2. The third kappa shape index (κ3) is 10.1. The van der Waals surface area contributed by atoms with Gasteiger partial charge in [0.25, 0.3) is 5.91 Å². The Kier molecular flexibility index (Phi) is 12.2. The molecule has 0 spiro atoms.